The van der Waals surface area contributed by atoms with Crippen molar-refractivity contribution in [2.75, 3.05) is 4.90 Å². The average Bonchev–Trinajstić information content (AvgIpc) is 3.43. The van der Waals surface area contributed by atoms with Gasteiger partial charge in [0.1, 0.15) is 11.5 Å². The maximum atomic E-state index is 6.72. The Balaban J connectivity index is 1.23. The van der Waals surface area contributed by atoms with Gasteiger partial charge in [-0.25, -0.2) is 0 Å². The Labute approximate surface area is 279 Å². The van der Waals surface area contributed by atoms with E-state index >= 15 is 0 Å². The van der Waals surface area contributed by atoms with E-state index in [2.05, 4.69) is 169 Å². The number of anilines is 3. The van der Waals surface area contributed by atoms with E-state index in [0.29, 0.717) is 0 Å². The zero-order valence-corrected chi connectivity index (χ0v) is 27.1. The maximum Gasteiger partial charge on any atom is 0.138 e. The lowest BCUT2D eigenvalue weighted by Gasteiger charge is -2.45. The Morgan fingerprint density at radius 1 is 0.468 bits per heavy atom. The maximum absolute atomic E-state index is 6.72. The van der Waals surface area contributed by atoms with E-state index in [1.54, 1.807) is 0 Å². The molecule has 222 valence electrons. The van der Waals surface area contributed by atoms with E-state index in [-0.39, 0.29) is 0 Å². The van der Waals surface area contributed by atoms with E-state index in [1.165, 1.54) is 38.7 Å². The van der Waals surface area contributed by atoms with Crippen molar-refractivity contribution in [2.24, 2.45) is 0 Å². The van der Waals surface area contributed by atoms with E-state index in [1.807, 2.05) is 6.07 Å². The van der Waals surface area contributed by atoms with Crippen molar-refractivity contribution in [1.82, 2.24) is 0 Å². The van der Waals surface area contributed by atoms with Gasteiger partial charge in [-0.1, -0.05) is 139 Å². The number of rotatable bonds is 2. The molecule has 0 saturated heterocycles. The summed E-state index contributed by atoms with van der Waals surface area (Å²) in [6.07, 6.45) is 0. The first kappa shape index (κ1) is 27.0. The smallest absolute Gasteiger partial charge is 0.138 e. The standard InChI is InChI=1S/C43H28NOPS/c47-46(30-14-2-1-3-15-30)41-25-13-12-24-39(41)45-40-28-29(26-27-42(40)46)44-37-22-10-8-20-35(37)43(36-21-9-11-23-38(36)44)33-18-6-4-16-31(33)32-17-5-7-19-34(32)43/h1-28H. The van der Waals surface area contributed by atoms with Crippen molar-refractivity contribution in [3.8, 4) is 22.6 Å². The molecule has 1 unspecified atom stereocenters. The van der Waals surface area contributed by atoms with Crippen LogP contribution in [0.1, 0.15) is 22.3 Å². The molecule has 47 heavy (non-hydrogen) atoms. The Kier molecular flexibility index (Phi) is 5.67. The number of benzene rings is 7. The number of ether oxygens (including phenoxy) is 1. The zero-order chi connectivity index (χ0) is 31.2. The number of nitrogens with zero attached hydrogens (tertiary/aromatic N) is 1. The van der Waals surface area contributed by atoms with Crippen molar-refractivity contribution in [3.05, 3.63) is 192 Å². The molecule has 0 amide bonds. The summed E-state index contributed by atoms with van der Waals surface area (Å²) >= 11 is 6.72. The van der Waals surface area contributed by atoms with Crippen LogP contribution >= 0.6 is 6.04 Å². The minimum Gasteiger partial charge on any atom is -0.456 e. The quantitative estimate of drug-likeness (QED) is 0.175. The van der Waals surface area contributed by atoms with Crippen LogP contribution in [0.25, 0.3) is 11.1 Å². The Morgan fingerprint density at radius 3 is 1.64 bits per heavy atom. The van der Waals surface area contributed by atoms with E-state index in [9.17, 15) is 0 Å². The molecule has 1 atom stereocenters. The van der Waals surface area contributed by atoms with E-state index < -0.39 is 11.5 Å². The number of fused-ring (bicyclic) bond motifs is 11. The molecule has 2 heterocycles. The average molecular weight is 638 g/mol. The molecule has 3 aliphatic rings. The fraction of sp³-hybridized carbons (Fsp3) is 0.0233. The van der Waals surface area contributed by atoms with E-state index in [0.717, 1.165) is 39.2 Å². The van der Waals surface area contributed by atoms with Crippen molar-refractivity contribution in [1.29, 1.82) is 0 Å². The van der Waals surface area contributed by atoms with Crippen LogP contribution in [-0.4, -0.2) is 0 Å². The summed E-state index contributed by atoms with van der Waals surface area (Å²) in [6, 6.07) is 58.9. The van der Waals surface area contributed by atoms with Gasteiger partial charge in [-0.15, -0.1) is 0 Å². The molecule has 2 aliphatic heterocycles. The predicted molar refractivity (Wildman–Crippen MR) is 198 cm³/mol. The lowest BCUT2D eigenvalue weighted by molar-refractivity contribution is 0.488. The molecule has 0 radical (unpaired) electrons. The van der Waals surface area contributed by atoms with Crippen molar-refractivity contribution in [2.45, 2.75) is 5.41 Å². The summed E-state index contributed by atoms with van der Waals surface area (Å²) < 4.78 is 6.72. The number of para-hydroxylation sites is 3. The van der Waals surface area contributed by atoms with Gasteiger partial charge >= 0.3 is 0 Å². The van der Waals surface area contributed by atoms with Crippen LogP contribution < -0.4 is 25.6 Å². The summed E-state index contributed by atoms with van der Waals surface area (Å²) in [7, 11) is 0. The van der Waals surface area contributed by atoms with Crippen LogP contribution in [-0.2, 0) is 17.2 Å². The van der Waals surface area contributed by atoms with Gasteiger partial charge in [-0.2, -0.15) is 0 Å². The van der Waals surface area contributed by atoms with Gasteiger partial charge in [-0.3, -0.25) is 0 Å². The molecular weight excluding hydrogens is 610 g/mol. The van der Waals surface area contributed by atoms with Crippen LogP contribution in [0.2, 0.25) is 0 Å². The highest BCUT2D eigenvalue weighted by molar-refractivity contribution is 8.25. The molecule has 0 N–H and O–H groups in total. The van der Waals surface area contributed by atoms with Gasteiger partial charge in [0.2, 0.25) is 0 Å². The molecule has 0 aromatic heterocycles. The first-order valence-corrected chi connectivity index (χ1v) is 18.8. The van der Waals surface area contributed by atoms with Crippen LogP contribution in [0.5, 0.6) is 11.5 Å². The molecule has 0 saturated carbocycles. The largest absolute Gasteiger partial charge is 0.456 e. The van der Waals surface area contributed by atoms with Crippen LogP contribution in [0, 0.1) is 0 Å². The fourth-order valence-corrected chi connectivity index (χ4v) is 12.4. The molecule has 0 fully saturated rings. The second-order valence-corrected chi connectivity index (χ2v) is 16.7. The molecule has 1 aliphatic carbocycles. The number of hydrogen-bond donors (Lipinski definition) is 0. The van der Waals surface area contributed by atoms with Crippen molar-refractivity contribution >= 4 is 50.8 Å². The van der Waals surface area contributed by atoms with Gasteiger partial charge in [0, 0.05) is 28.4 Å². The lowest BCUT2D eigenvalue weighted by Crippen LogP contribution is -2.36. The van der Waals surface area contributed by atoms with Crippen LogP contribution in [0.15, 0.2) is 170 Å². The molecule has 7 aromatic carbocycles. The van der Waals surface area contributed by atoms with Crippen LogP contribution in [0.4, 0.5) is 17.1 Å². The summed E-state index contributed by atoms with van der Waals surface area (Å²) in [6.45, 7) is 0. The topological polar surface area (TPSA) is 12.5 Å². The molecule has 1 spiro atoms. The SMILES string of the molecule is S=P1(c2ccccc2)c2ccccc2Oc2cc(N3c4ccccc4C4(c5ccccc5-c5ccccc54)c4ccccc43)ccc21. The first-order chi connectivity index (χ1) is 23.2. The van der Waals surface area contributed by atoms with E-state index in [4.69, 9.17) is 16.5 Å². The van der Waals surface area contributed by atoms with Gasteiger partial charge < -0.3 is 9.64 Å². The predicted octanol–water partition coefficient (Wildman–Crippen LogP) is 9.69. The van der Waals surface area contributed by atoms with Gasteiger partial charge in [0.15, 0.2) is 0 Å². The second kappa shape index (κ2) is 9.89. The third kappa shape index (κ3) is 3.48. The normalized spacial score (nSPS) is 17.4. The summed E-state index contributed by atoms with van der Waals surface area (Å²) in [5.41, 5.74) is 10.7. The molecule has 7 aromatic rings. The summed E-state index contributed by atoms with van der Waals surface area (Å²) in [4.78, 5) is 2.41. The third-order valence-electron chi connectivity index (χ3n) is 10.1. The Morgan fingerprint density at radius 2 is 0.979 bits per heavy atom. The lowest BCUT2D eigenvalue weighted by atomic mass is 9.64. The minimum atomic E-state index is -2.34. The van der Waals surface area contributed by atoms with Gasteiger partial charge in [0.05, 0.1) is 16.8 Å². The highest BCUT2D eigenvalue weighted by atomic mass is 32.4. The molecule has 2 nitrogen and oxygen atoms in total. The minimum absolute atomic E-state index is 0.435. The monoisotopic (exact) mass is 637 g/mol. The second-order valence-electron chi connectivity index (χ2n) is 12.4. The molecule has 10 rings (SSSR count). The highest BCUT2D eigenvalue weighted by Gasteiger charge is 2.51. The van der Waals surface area contributed by atoms with Gasteiger partial charge in [0.25, 0.3) is 0 Å². The number of hydrogen-bond acceptors (Lipinski definition) is 3. The highest BCUT2D eigenvalue weighted by Crippen LogP contribution is 2.63. The van der Waals surface area contributed by atoms with Gasteiger partial charge in [-0.05, 0) is 75.1 Å². The summed E-state index contributed by atoms with van der Waals surface area (Å²) in [5, 5.41) is 3.37. The summed E-state index contributed by atoms with van der Waals surface area (Å²) in [5.74, 6) is 1.68. The first-order valence-electron chi connectivity index (χ1n) is 16.0. The van der Waals surface area contributed by atoms with Crippen molar-refractivity contribution in [3.63, 3.8) is 0 Å². The Bertz CT molecular complexity index is 2360. The fourth-order valence-electron chi connectivity index (χ4n) is 8.29. The third-order valence-corrected chi connectivity index (χ3v) is 15.1. The zero-order valence-electron chi connectivity index (χ0n) is 25.4. The van der Waals surface area contributed by atoms with Crippen molar-refractivity contribution < 1.29 is 4.74 Å². The molecule has 0 bridgehead atoms. The van der Waals surface area contributed by atoms with Crippen LogP contribution in [0.3, 0.4) is 0 Å². The molecule has 4 heteroatoms. The molecular formula is C43H28NOPS. The Hall–Kier alpha value is -5.21.